The first-order valence-electron chi connectivity index (χ1n) is 3.05. The molecule has 118 valence electrons. The van der Waals surface area contributed by atoms with Crippen LogP contribution in [0.3, 0.4) is 0 Å². The molecule has 0 radical (unpaired) electrons. The van der Waals surface area contributed by atoms with E-state index in [4.69, 9.17) is 4.55 Å². The first-order chi connectivity index (χ1) is 5.02. The van der Waals surface area contributed by atoms with Crippen LogP contribution in [0.15, 0.2) is 29.2 Å². The maximum absolute atomic E-state index is 10.6. The summed E-state index contributed by atoms with van der Waals surface area (Å²) in [6.07, 6.45) is 0. The van der Waals surface area contributed by atoms with E-state index < -0.39 is 10.1 Å². The van der Waals surface area contributed by atoms with Crippen LogP contribution in [-0.2, 0) is 26.6 Å². The second kappa shape index (κ2) is 16.4. The molecule has 0 heterocycles. The molecular weight excluding hydrogens is 319 g/mol. The van der Waals surface area contributed by atoms with Crippen molar-refractivity contribution >= 4 is 10.1 Å². The third-order valence-corrected chi connectivity index (χ3v) is 2.39. The Morgan fingerprint density at radius 3 is 1.44 bits per heavy atom. The zero-order valence-electron chi connectivity index (χ0n) is 9.30. The average Bonchev–Trinajstić information content (AvgIpc) is 1.86. The van der Waals surface area contributed by atoms with Crippen molar-refractivity contribution in [2.75, 3.05) is 0 Å². The van der Waals surface area contributed by atoms with E-state index in [9.17, 15) is 8.42 Å². The molecule has 0 aliphatic carbocycles. The molecule has 0 aliphatic heterocycles. The first-order valence-corrected chi connectivity index (χ1v) is 4.49. The third kappa shape index (κ3) is 11.9. The van der Waals surface area contributed by atoms with Gasteiger partial charge in [-0.3, -0.25) is 4.55 Å². The van der Waals surface area contributed by atoms with Crippen LogP contribution in [0.5, 0.6) is 0 Å². The van der Waals surface area contributed by atoms with Crippen molar-refractivity contribution in [1.82, 2.24) is 0 Å². The molecule has 0 spiro atoms. The predicted octanol–water partition coefficient (Wildman–Crippen LogP) is -3.71. The van der Waals surface area contributed by atoms with Crippen molar-refractivity contribution in [2.45, 2.75) is 11.8 Å². The van der Waals surface area contributed by atoms with Gasteiger partial charge >= 0.3 is 0 Å². The van der Waals surface area contributed by atoms with Crippen LogP contribution >= 0.6 is 0 Å². The molecule has 1 aromatic carbocycles. The molecule has 0 unspecified atom stereocenters. The molecule has 9 nitrogen and oxygen atoms in total. The maximum atomic E-state index is 10.6. The summed E-state index contributed by atoms with van der Waals surface area (Å²) >= 11 is 0. The van der Waals surface area contributed by atoms with Crippen LogP contribution in [0, 0.1) is 6.92 Å². The third-order valence-electron chi connectivity index (χ3n) is 1.37. The van der Waals surface area contributed by atoms with Gasteiger partial charge in [0.05, 0.1) is 4.90 Å². The molecule has 0 atom stereocenters. The van der Waals surface area contributed by atoms with E-state index in [1.807, 2.05) is 0 Å². The molecule has 0 saturated heterocycles. The van der Waals surface area contributed by atoms with Crippen molar-refractivity contribution in [1.29, 1.82) is 0 Å². The Balaban J connectivity index is -0.0000000346. The van der Waals surface area contributed by atoms with E-state index in [0.717, 1.165) is 0 Å². The van der Waals surface area contributed by atoms with Gasteiger partial charge in [-0.2, -0.15) is 8.42 Å². The number of rotatable bonds is 1. The summed E-state index contributed by atoms with van der Waals surface area (Å²) in [5.41, 5.74) is 0.551. The molecule has 18 heavy (non-hydrogen) atoms. The monoisotopic (exact) mass is 338 g/mol. The van der Waals surface area contributed by atoms with Gasteiger partial charge in [0, 0.05) is 16.5 Å². The number of aryl methyl sites for hydroxylation is 1. The average molecular weight is 339 g/mol. The predicted molar refractivity (Wildman–Crippen MR) is 62.7 cm³/mol. The maximum Gasteiger partial charge on any atom is 0.294 e. The minimum atomic E-state index is -4.03. The molecular formula is C7H20NiO9S. The Morgan fingerprint density at radius 2 is 1.22 bits per heavy atom. The number of hydrogen-bond acceptors (Lipinski definition) is 2. The van der Waals surface area contributed by atoms with E-state index in [1.54, 1.807) is 25.1 Å². The Kier molecular flexibility index (Phi) is 39.4. The van der Waals surface area contributed by atoms with Crippen LogP contribution < -0.4 is 0 Å². The van der Waals surface area contributed by atoms with Crippen LogP contribution in [0.2, 0.25) is 0 Å². The molecule has 0 fully saturated rings. The van der Waals surface area contributed by atoms with E-state index in [0.29, 0.717) is 5.56 Å². The molecule has 0 aromatic heterocycles. The van der Waals surface area contributed by atoms with E-state index in [2.05, 4.69) is 0 Å². The minimum Gasteiger partial charge on any atom is -0.412 e. The van der Waals surface area contributed by atoms with Gasteiger partial charge in [-0.15, -0.1) is 0 Å². The zero-order valence-corrected chi connectivity index (χ0v) is 11.1. The molecule has 0 bridgehead atoms. The van der Waals surface area contributed by atoms with Crippen LogP contribution in [0.4, 0.5) is 0 Å². The summed E-state index contributed by atoms with van der Waals surface area (Å²) < 4.78 is 29.9. The first kappa shape index (κ1) is 43.3. The molecule has 0 saturated carbocycles. The van der Waals surface area contributed by atoms with Crippen LogP contribution in [-0.4, -0.2) is 45.8 Å². The van der Waals surface area contributed by atoms with Crippen LogP contribution in [0.25, 0.3) is 0 Å². The van der Waals surface area contributed by atoms with Crippen molar-refractivity contribution in [3.8, 4) is 0 Å². The molecule has 13 N–H and O–H groups in total. The second-order valence-electron chi connectivity index (χ2n) is 2.24. The van der Waals surface area contributed by atoms with E-state index in [-0.39, 0.29) is 54.2 Å². The summed E-state index contributed by atoms with van der Waals surface area (Å²) in [5.74, 6) is 0. The Hall–Kier alpha value is -0.616. The van der Waals surface area contributed by atoms with Gasteiger partial charge < -0.3 is 32.9 Å². The fourth-order valence-corrected chi connectivity index (χ4v) is 1.57. The summed E-state index contributed by atoms with van der Waals surface area (Å²) in [7, 11) is -4.03. The normalized spacial score (nSPS) is 7.00. The van der Waals surface area contributed by atoms with Crippen molar-refractivity contribution < 1.29 is 62.3 Å². The number of benzene rings is 1. The smallest absolute Gasteiger partial charge is 0.294 e. The largest absolute Gasteiger partial charge is 0.412 e. The minimum absolute atomic E-state index is 0. The zero-order chi connectivity index (χ0) is 8.48. The Labute approximate surface area is 114 Å². The van der Waals surface area contributed by atoms with E-state index >= 15 is 0 Å². The summed E-state index contributed by atoms with van der Waals surface area (Å²) in [4.78, 5) is -0.0278. The summed E-state index contributed by atoms with van der Waals surface area (Å²) in [6.45, 7) is 1.63. The molecule has 1 rings (SSSR count). The van der Waals surface area contributed by atoms with E-state index in [1.165, 1.54) is 6.07 Å². The van der Waals surface area contributed by atoms with Crippen molar-refractivity contribution in [3.63, 3.8) is 0 Å². The van der Waals surface area contributed by atoms with Gasteiger partial charge in [-0.05, 0) is 18.6 Å². The molecule has 11 heteroatoms. The van der Waals surface area contributed by atoms with Gasteiger partial charge in [0.15, 0.2) is 0 Å². The quantitative estimate of drug-likeness (QED) is 0.401. The van der Waals surface area contributed by atoms with Crippen LogP contribution in [0.1, 0.15) is 5.56 Å². The van der Waals surface area contributed by atoms with Gasteiger partial charge in [0.2, 0.25) is 0 Å². The van der Waals surface area contributed by atoms with Gasteiger partial charge in [0.25, 0.3) is 10.1 Å². The van der Waals surface area contributed by atoms with Gasteiger partial charge in [0.1, 0.15) is 0 Å². The number of hydrogen-bond donors (Lipinski definition) is 1. The van der Waals surface area contributed by atoms with Gasteiger partial charge in [-0.1, -0.05) is 18.2 Å². The van der Waals surface area contributed by atoms with Crippen molar-refractivity contribution in [3.05, 3.63) is 29.8 Å². The molecule has 0 aliphatic rings. The fourth-order valence-electron chi connectivity index (χ4n) is 0.846. The molecule has 1 aromatic rings. The fraction of sp³-hybridized carbons (Fsp3) is 0.143. The second-order valence-corrected chi connectivity index (χ2v) is 3.63. The Bertz CT molecular complexity index is 367. The summed E-state index contributed by atoms with van der Waals surface area (Å²) in [6, 6.07) is 6.27. The SMILES string of the molecule is Cc1ccccc1S(=O)(=O)O.O.O.O.O.O.O.[Ni]. The standard InChI is InChI=1S/C7H8O3S.Ni.6H2O/c1-6-4-2-3-5-7(6)11(8,9)10;;;;;;;/h2-5H,1H3,(H,8,9,10);;6*1H2. The van der Waals surface area contributed by atoms with Gasteiger partial charge in [-0.25, -0.2) is 0 Å². The summed E-state index contributed by atoms with van der Waals surface area (Å²) in [5, 5.41) is 0. The van der Waals surface area contributed by atoms with Crippen molar-refractivity contribution in [2.24, 2.45) is 0 Å². The topological polar surface area (TPSA) is 243 Å². The molecule has 0 amide bonds. The Morgan fingerprint density at radius 1 is 0.889 bits per heavy atom.